The number of nitrogens with zero attached hydrogens (tertiary/aromatic N) is 3. The van der Waals surface area contributed by atoms with Crippen LogP contribution in [0.1, 0.15) is 19.4 Å². The second-order valence-electron chi connectivity index (χ2n) is 7.63. The van der Waals surface area contributed by atoms with Crippen molar-refractivity contribution in [2.75, 3.05) is 18.7 Å². The first-order valence-electron chi connectivity index (χ1n) is 9.40. The topological polar surface area (TPSA) is 62.7 Å². The molecule has 1 aromatic heterocycles. The van der Waals surface area contributed by atoms with Gasteiger partial charge in [0.25, 0.3) is 0 Å². The second-order valence-corrected chi connectivity index (χ2v) is 8.77. The van der Waals surface area contributed by atoms with E-state index in [1.54, 1.807) is 17.2 Å². The van der Waals surface area contributed by atoms with Crippen molar-refractivity contribution in [3.63, 3.8) is 0 Å². The van der Waals surface area contributed by atoms with E-state index in [1.807, 2.05) is 24.8 Å². The average molecular weight is 453 g/mol. The Bertz CT molecular complexity index is 951. The van der Waals surface area contributed by atoms with Crippen LogP contribution in [0.5, 0.6) is 5.88 Å². The highest BCUT2D eigenvalue weighted by Gasteiger charge is 2.50. The van der Waals surface area contributed by atoms with Crippen LogP contribution in [0.4, 0.5) is 18.9 Å². The predicted octanol–water partition coefficient (Wildman–Crippen LogP) is 3.90. The molecule has 1 aliphatic rings. The van der Waals surface area contributed by atoms with Crippen molar-refractivity contribution >= 4 is 29.5 Å². The van der Waals surface area contributed by atoms with E-state index in [4.69, 9.17) is 4.74 Å². The molecule has 1 unspecified atom stereocenters. The Morgan fingerprint density at radius 2 is 1.97 bits per heavy atom. The summed E-state index contributed by atoms with van der Waals surface area (Å²) in [6, 6.07) is 8.63. The molecule has 1 saturated heterocycles. The molecule has 1 aliphatic heterocycles. The van der Waals surface area contributed by atoms with Gasteiger partial charge in [0.2, 0.25) is 11.7 Å². The number of alkyl halides is 3. The van der Waals surface area contributed by atoms with Crippen LogP contribution in [0.15, 0.2) is 47.5 Å². The lowest BCUT2D eigenvalue weighted by Crippen LogP contribution is -2.51. The molecule has 2 heterocycles. The third-order valence-electron chi connectivity index (χ3n) is 5.29. The number of hydrogen-bond donors (Lipinski definition) is 0. The van der Waals surface area contributed by atoms with E-state index in [0.717, 1.165) is 5.56 Å². The Morgan fingerprint density at radius 1 is 1.29 bits per heavy atom. The number of anilines is 1. The van der Waals surface area contributed by atoms with Gasteiger partial charge >= 0.3 is 5.51 Å². The SMILES string of the molecule is COc1cc(CN2CN(c3ccc(SC(F)(F)F)cc3)C(C(=O)C=O)C2(C)C)ccn1. The minimum atomic E-state index is -4.38. The molecule has 1 fully saturated rings. The van der Waals surface area contributed by atoms with Crippen molar-refractivity contribution in [1.82, 2.24) is 9.88 Å². The molecule has 3 rings (SSSR count). The Labute approximate surface area is 182 Å². The van der Waals surface area contributed by atoms with Gasteiger partial charge in [0.05, 0.1) is 13.8 Å². The summed E-state index contributed by atoms with van der Waals surface area (Å²) in [5, 5.41) is 0. The van der Waals surface area contributed by atoms with Gasteiger partial charge in [0.1, 0.15) is 6.04 Å². The number of thioether (sulfide) groups is 1. The van der Waals surface area contributed by atoms with E-state index in [0.29, 0.717) is 31.1 Å². The number of aromatic nitrogens is 1. The van der Waals surface area contributed by atoms with Gasteiger partial charge in [-0.05, 0) is 61.5 Å². The number of carbonyl (C=O) groups is 2. The Morgan fingerprint density at radius 3 is 2.55 bits per heavy atom. The molecule has 0 radical (unpaired) electrons. The molecule has 10 heteroatoms. The van der Waals surface area contributed by atoms with Crippen molar-refractivity contribution in [2.45, 2.75) is 42.4 Å². The number of benzene rings is 1. The number of pyridine rings is 1. The van der Waals surface area contributed by atoms with Crippen LogP contribution in [0.3, 0.4) is 0 Å². The van der Waals surface area contributed by atoms with Crippen LogP contribution in [0.25, 0.3) is 0 Å². The first kappa shape index (κ1) is 23.1. The zero-order valence-corrected chi connectivity index (χ0v) is 18.0. The maximum Gasteiger partial charge on any atom is 0.446 e. The lowest BCUT2D eigenvalue weighted by molar-refractivity contribution is -0.131. The zero-order chi connectivity index (χ0) is 22.8. The Balaban J connectivity index is 1.90. The fraction of sp³-hybridized carbons (Fsp3) is 0.381. The number of halogens is 3. The minimum Gasteiger partial charge on any atom is -0.481 e. The maximum atomic E-state index is 12.6. The summed E-state index contributed by atoms with van der Waals surface area (Å²) in [4.78, 5) is 31.8. The summed E-state index contributed by atoms with van der Waals surface area (Å²) in [6.07, 6.45) is 1.92. The van der Waals surface area contributed by atoms with Gasteiger partial charge in [0, 0.05) is 34.9 Å². The molecule has 0 aliphatic carbocycles. The van der Waals surface area contributed by atoms with Crippen LogP contribution in [-0.4, -0.2) is 52.8 Å². The van der Waals surface area contributed by atoms with Crippen LogP contribution in [0, 0.1) is 0 Å². The van der Waals surface area contributed by atoms with Gasteiger partial charge in [-0.2, -0.15) is 13.2 Å². The standard InChI is InChI=1S/C21H22F3N3O3S/c1-20(2)19(17(29)12-28)27(15-4-6-16(7-5-15)31-21(22,23)24)13-26(20)11-14-8-9-25-18(10-14)30-3/h4-10,12,19H,11,13H2,1-3H3. The normalized spacial score (nSPS) is 18.8. The van der Waals surface area contributed by atoms with E-state index in [-0.39, 0.29) is 16.7 Å². The highest BCUT2D eigenvalue weighted by molar-refractivity contribution is 8.00. The van der Waals surface area contributed by atoms with E-state index < -0.39 is 22.9 Å². The van der Waals surface area contributed by atoms with Gasteiger partial charge in [-0.1, -0.05) is 0 Å². The molecule has 1 atom stereocenters. The van der Waals surface area contributed by atoms with Crippen LogP contribution < -0.4 is 9.64 Å². The maximum absolute atomic E-state index is 12.6. The molecule has 2 aromatic rings. The monoisotopic (exact) mass is 453 g/mol. The van der Waals surface area contributed by atoms with E-state index in [1.165, 1.54) is 31.4 Å². The second kappa shape index (κ2) is 8.88. The van der Waals surface area contributed by atoms with Crippen molar-refractivity contribution in [1.29, 1.82) is 0 Å². The number of ether oxygens (including phenoxy) is 1. The molecule has 0 amide bonds. The van der Waals surface area contributed by atoms with Gasteiger partial charge < -0.3 is 9.64 Å². The van der Waals surface area contributed by atoms with Gasteiger partial charge in [-0.3, -0.25) is 14.5 Å². The summed E-state index contributed by atoms with van der Waals surface area (Å²) in [5.41, 5.74) is -3.62. The number of Topliss-reactive ketones (excluding diaryl/α,β-unsaturated/α-hetero) is 1. The number of hydrogen-bond acceptors (Lipinski definition) is 7. The number of ketones is 1. The summed E-state index contributed by atoms with van der Waals surface area (Å²) >= 11 is -0.201. The highest BCUT2D eigenvalue weighted by Crippen LogP contribution is 2.40. The first-order valence-corrected chi connectivity index (χ1v) is 10.2. The molecule has 0 bridgehead atoms. The lowest BCUT2D eigenvalue weighted by Gasteiger charge is -2.34. The number of aldehydes is 1. The van der Waals surface area contributed by atoms with Crippen LogP contribution in [-0.2, 0) is 16.1 Å². The molecule has 1 aromatic carbocycles. The number of carbonyl (C=O) groups excluding carboxylic acids is 2. The predicted molar refractivity (Wildman–Crippen MR) is 111 cm³/mol. The Hall–Kier alpha value is -2.59. The van der Waals surface area contributed by atoms with Crippen LogP contribution in [0.2, 0.25) is 0 Å². The van der Waals surface area contributed by atoms with Gasteiger partial charge in [-0.25, -0.2) is 4.98 Å². The van der Waals surface area contributed by atoms with Crippen LogP contribution >= 0.6 is 11.8 Å². The summed E-state index contributed by atoms with van der Waals surface area (Å²) in [6.45, 7) is 4.51. The van der Waals surface area contributed by atoms with Gasteiger partial charge in [0.15, 0.2) is 6.29 Å². The fourth-order valence-corrected chi connectivity index (χ4v) is 4.31. The third-order valence-corrected chi connectivity index (χ3v) is 6.03. The number of methoxy groups -OCH3 is 1. The third kappa shape index (κ3) is 5.19. The lowest BCUT2D eigenvalue weighted by atomic mass is 9.90. The number of rotatable bonds is 7. The summed E-state index contributed by atoms with van der Waals surface area (Å²) in [5.74, 6) is -0.127. The molecule has 0 saturated carbocycles. The fourth-order valence-electron chi connectivity index (χ4n) is 3.77. The highest BCUT2D eigenvalue weighted by atomic mass is 32.2. The zero-order valence-electron chi connectivity index (χ0n) is 17.2. The van der Waals surface area contributed by atoms with E-state index in [2.05, 4.69) is 4.98 Å². The van der Waals surface area contributed by atoms with E-state index >= 15 is 0 Å². The first-order chi connectivity index (χ1) is 14.5. The largest absolute Gasteiger partial charge is 0.481 e. The van der Waals surface area contributed by atoms with Crippen molar-refractivity contribution in [3.8, 4) is 5.88 Å². The van der Waals surface area contributed by atoms with Crippen molar-refractivity contribution in [3.05, 3.63) is 48.2 Å². The summed E-state index contributed by atoms with van der Waals surface area (Å²) < 4.78 is 43.0. The molecule has 0 N–H and O–H groups in total. The molecular formula is C21H22F3N3O3S. The van der Waals surface area contributed by atoms with Crippen molar-refractivity contribution < 1.29 is 27.5 Å². The molecule has 6 nitrogen and oxygen atoms in total. The smallest absolute Gasteiger partial charge is 0.446 e. The van der Waals surface area contributed by atoms with Crippen molar-refractivity contribution in [2.24, 2.45) is 0 Å². The molecule has 166 valence electrons. The molecule has 31 heavy (non-hydrogen) atoms. The molecular weight excluding hydrogens is 431 g/mol. The summed E-state index contributed by atoms with van der Waals surface area (Å²) in [7, 11) is 1.52. The Kier molecular flexibility index (Phi) is 6.61. The molecule has 0 spiro atoms. The minimum absolute atomic E-state index is 0.0497. The van der Waals surface area contributed by atoms with Gasteiger partial charge in [-0.15, -0.1) is 0 Å². The quantitative estimate of drug-likeness (QED) is 0.358. The average Bonchev–Trinajstić information content (AvgIpc) is 2.97. The van der Waals surface area contributed by atoms with E-state index in [9.17, 15) is 22.8 Å².